The molecule has 1 saturated heterocycles. The Hall–Kier alpha value is -1.10. The number of hydrogen-bond donors (Lipinski definition) is 2. The highest BCUT2D eigenvalue weighted by atomic mass is 16.5. The molecule has 5 nitrogen and oxygen atoms in total. The molecule has 0 bridgehead atoms. The lowest BCUT2D eigenvalue weighted by atomic mass is 10.0. The Bertz CT molecular complexity index is 285. The summed E-state index contributed by atoms with van der Waals surface area (Å²) in [5.74, 6) is -0.841. The quantitative estimate of drug-likeness (QED) is 0.725. The summed E-state index contributed by atoms with van der Waals surface area (Å²) in [5, 5.41) is 11.6. The van der Waals surface area contributed by atoms with E-state index < -0.39 is 5.97 Å². The van der Waals surface area contributed by atoms with Gasteiger partial charge in [0.15, 0.2) is 0 Å². The first-order valence-corrected chi connectivity index (χ1v) is 6.61. The molecule has 2 N–H and O–H groups in total. The fourth-order valence-corrected chi connectivity index (χ4v) is 2.08. The van der Waals surface area contributed by atoms with Crippen molar-refractivity contribution in [3.05, 3.63) is 0 Å². The molecule has 1 heterocycles. The number of amides is 1. The maximum absolute atomic E-state index is 11.7. The third-order valence-corrected chi connectivity index (χ3v) is 3.26. The van der Waals surface area contributed by atoms with Crippen LogP contribution >= 0.6 is 0 Å². The zero-order chi connectivity index (χ0) is 13.5. The van der Waals surface area contributed by atoms with Crippen molar-refractivity contribution in [2.45, 2.75) is 58.1 Å². The van der Waals surface area contributed by atoms with Gasteiger partial charge in [-0.05, 0) is 25.2 Å². The summed E-state index contributed by atoms with van der Waals surface area (Å²) in [4.78, 5) is 22.4. The molecule has 0 radical (unpaired) electrons. The first kappa shape index (κ1) is 15.0. The van der Waals surface area contributed by atoms with Gasteiger partial charge in [-0.3, -0.25) is 9.59 Å². The second-order valence-electron chi connectivity index (χ2n) is 5.19. The van der Waals surface area contributed by atoms with Crippen LogP contribution in [0.2, 0.25) is 0 Å². The van der Waals surface area contributed by atoms with Crippen molar-refractivity contribution >= 4 is 11.9 Å². The van der Waals surface area contributed by atoms with Gasteiger partial charge in [-0.2, -0.15) is 0 Å². The third-order valence-electron chi connectivity index (χ3n) is 3.26. The van der Waals surface area contributed by atoms with E-state index in [9.17, 15) is 9.59 Å². The molecular formula is C13H23NO4. The van der Waals surface area contributed by atoms with Crippen molar-refractivity contribution in [3.8, 4) is 0 Å². The van der Waals surface area contributed by atoms with Gasteiger partial charge >= 0.3 is 5.97 Å². The van der Waals surface area contributed by atoms with Gasteiger partial charge in [-0.25, -0.2) is 0 Å². The highest BCUT2D eigenvalue weighted by Gasteiger charge is 2.21. The fourth-order valence-electron chi connectivity index (χ4n) is 2.08. The number of carbonyl (C=O) groups is 2. The van der Waals surface area contributed by atoms with Gasteiger partial charge in [0.2, 0.25) is 5.91 Å². The summed E-state index contributed by atoms with van der Waals surface area (Å²) in [6.07, 6.45) is 3.41. The molecule has 0 aliphatic carbocycles. The molecule has 5 heteroatoms. The van der Waals surface area contributed by atoms with E-state index in [1.54, 1.807) is 0 Å². The number of ether oxygens (including phenoxy) is 1. The molecule has 1 fully saturated rings. The maximum atomic E-state index is 11.7. The number of hydrogen-bond acceptors (Lipinski definition) is 3. The molecule has 0 saturated carbocycles. The number of aliphatic carboxylic acids is 1. The molecule has 2 atom stereocenters. The highest BCUT2D eigenvalue weighted by Crippen LogP contribution is 2.17. The normalized spacial score (nSPS) is 20.9. The molecule has 1 aliphatic rings. The molecule has 18 heavy (non-hydrogen) atoms. The Kier molecular flexibility index (Phi) is 6.12. The van der Waals surface area contributed by atoms with E-state index in [1.165, 1.54) is 0 Å². The molecule has 0 spiro atoms. The summed E-state index contributed by atoms with van der Waals surface area (Å²) in [6.45, 7) is 4.61. The van der Waals surface area contributed by atoms with Crippen molar-refractivity contribution < 1.29 is 19.4 Å². The molecule has 2 unspecified atom stereocenters. The zero-order valence-corrected chi connectivity index (χ0v) is 11.1. The number of carboxylic acids is 1. The van der Waals surface area contributed by atoms with Crippen LogP contribution in [0.25, 0.3) is 0 Å². The minimum Gasteiger partial charge on any atom is -0.481 e. The van der Waals surface area contributed by atoms with Gasteiger partial charge in [-0.1, -0.05) is 13.8 Å². The lowest BCUT2D eigenvalue weighted by molar-refractivity contribution is -0.138. The van der Waals surface area contributed by atoms with Crippen molar-refractivity contribution in [3.63, 3.8) is 0 Å². The second-order valence-corrected chi connectivity index (χ2v) is 5.19. The Labute approximate surface area is 108 Å². The fraction of sp³-hybridized carbons (Fsp3) is 0.846. The summed E-state index contributed by atoms with van der Waals surface area (Å²) < 4.78 is 5.45. The summed E-state index contributed by atoms with van der Waals surface area (Å²) in [6, 6.07) is -0.292. The van der Waals surface area contributed by atoms with Gasteiger partial charge in [0.25, 0.3) is 0 Å². The van der Waals surface area contributed by atoms with Crippen LogP contribution < -0.4 is 5.32 Å². The Morgan fingerprint density at radius 2 is 2.17 bits per heavy atom. The molecule has 0 aromatic rings. The first-order chi connectivity index (χ1) is 8.49. The smallest absolute Gasteiger partial charge is 0.305 e. The lowest BCUT2D eigenvalue weighted by Gasteiger charge is -2.21. The van der Waals surface area contributed by atoms with Crippen molar-refractivity contribution in [2.75, 3.05) is 6.61 Å². The van der Waals surface area contributed by atoms with Gasteiger partial charge in [-0.15, -0.1) is 0 Å². The third kappa shape index (κ3) is 5.49. The van der Waals surface area contributed by atoms with E-state index in [1.807, 2.05) is 13.8 Å². The SMILES string of the molecule is CC(C)C(CC(=O)O)NC(=O)CCC1CCCO1. The predicted octanol–water partition coefficient (Wildman–Crippen LogP) is 1.56. The van der Waals surface area contributed by atoms with Crippen LogP contribution in [0, 0.1) is 5.92 Å². The van der Waals surface area contributed by atoms with Crippen LogP contribution in [-0.2, 0) is 14.3 Å². The number of carbonyl (C=O) groups excluding carboxylic acids is 1. The average Bonchev–Trinajstić information content (AvgIpc) is 2.77. The molecule has 0 aromatic heterocycles. The van der Waals surface area contributed by atoms with Crippen LogP contribution in [0.4, 0.5) is 0 Å². The number of nitrogens with one attached hydrogen (secondary N) is 1. The van der Waals surface area contributed by atoms with Gasteiger partial charge in [0.1, 0.15) is 0 Å². The monoisotopic (exact) mass is 257 g/mol. The van der Waals surface area contributed by atoms with Gasteiger partial charge < -0.3 is 15.2 Å². The predicted molar refractivity (Wildman–Crippen MR) is 67.2 cm³/mol. The van der Waals surface area contributed by atoms with E-state index in [0.29, 0.717) is 6.42 Å². The van der Waals surface area contributed by atoms with Crippen LogP contribution in [0.3, 0.4) is 0 Å². The highest BCUT2D eigenvalue weighted by molar-refractivity contribution is 5.77. The van der Waals surface area contributed by atoms with Gasteiger partial charge in [0, 0.05) is 19.1 Å². The van der Waals surface area contributed by atoms with Crippen LogP contribution in [0.15, 0.2) is 0 Å². The van der Waals surface area contributed by atoms with Crippen molar-refractivity contribution in [1.82, 2.24) is 5.32 Å². The van der Waals surface area contributed by atoms with Crippen LogP contribution in [0.1, 0.15) is 46.0 Å². The summed E-state index contributed by atoms with van der Waals surface area (Å²) >= 11 is 0. The maximum Gasteiger partial charge on any atom is 0.305 e. The molecule has 1 rings (SSSR count). The van der Waals surface area contributed by atoms with Crippen molar-refractivity contribution in [1.29, 1.82) is 0 Å². The zero-order valence-electron chi connectivity index (χ0n) is 11.1. The lowest BCUT2D eigenvalue weighted by Crippen LogP contribution is -2.40. The van der Waals surface area contributed by atoms with Crippen LogP contribution in [-0.4, -0.2) is 35.7 Å². The van der Waals surface area contributed by atoms with Crippen LogP contribution in [0.5, 0.6) is 0 Å². The number of rotatable bonds is 7. The summed E-state index contributed by atoms with van der Waals surface area (Å²) in [7, 11) is 0. The molecule has 0 aromatic carbocycles. The van der Waals surface area contributed by atoms with E-state index in [4.69, 9.17) is 9.84 Å². The summed E-state index contributed by atoms with van der Waals surface area (Å²) in [5.41, 5.74) is 0. The Morgan fingerprint density at radius 1 is 1.44 bits per heavy atom. The second kappa shape index (κ2) is 7.36. The standard InChI is InChI=1S/C13H23NO4/c1-9(2)11(8-13(16)17)14-12(15)6-5-10-4-3-7-18-10/h9-11H,3-8H2,1-2H3,(H,14,15)(H,16,17). The molecule has 1 aliphatic heterocycles. The van der Waals surface area contributed by atoms with E-state index >= 15 is 0 Å². The molecule has 104 valence electrons. The van der Waals surface area contributed by atoms with Crippen molar-refractivity contribution in [2.24, 2.45) is 5.92 Å². The van der Waals surface area contributed by atoms with E-state index in [2.05, 4.69) is 5.32 Å². The Morgan fingerprint density at radius 3 is 2.67 bits per heavy atom. The molecular weight excluding hydrogens is 234 g/mol. The van der Waals surface area contributed by atoms with E-state index in [-0.39, 0.29) is 30.4 Å². The first-order valence-electron chi connectivity index (χ1n) is 6.61. The number of carboxylic acid groups (broad SMARTS) is 1. The Balaban J connectivity index is 2.28. The minimum absolute atomic E-state index is 0.0245. The largest absolute Gasteiger partial charge is 0.481 e. The van der Waals surface area contributed by atoms with Gasteiger partial charge in [0.05, 0.1) is 12.5 Å². The van der Waals surface area contributed by atoms with E-state index in [0.717, 1.165) is 25.9 Å². The average molecular weight is 257 g/mol. The molecule has 1 amide bonds. The topological polar surface area (TPSA) is 75.6 Å². The minimum atomic E-state index is -0.881.